The van der Waals surface area contributed by atoms with Crippen LogP contribution in [-0.2, 0) is 12.8 Å². The van der Waals surface area contributed by atoms with E-state index in [0.717, 1.165) is 0 Å². The molecule has 0 heterocycles. The Morgan fingerprint density at radius 3 is 2.26 bits per heavy atom. The number of carbonyl (C=O) groups is 1. The van der Waals surface area contributed by atoms with Crippen LogP contribution in [0, 0.1) is 11.7 Å². The average molecular weight is 275 g/mol. The van der Waals surface area contributed by atoms with Gasteiger partial charge in [-0.15, -0.1) is 0 Å². The van der Waals surface area contributed by atoms with E-state index in [0.29, 0.717) is 12.8 Å². The average Bonchev–Trinajstić information content (AvgIpc) is 2.82. The maximum atomic E-state index is 13.8. The van der Waals surface area contributed by atoms with Crippen LogP contribution < -0.4 is 0 Å². The predicted octanol–water partition coefficient (Wildman–Crippen LogP) is 4.08. The fourth-order valence-electron chi connectivity index (χ4n) is 2.68. The molecule has 1 aliphatic rings. The maximum absolute atomic E-state index is 13.8. The Kier molecular flexibility index (Phi) is 3.11. The molecule has 1 aliphatic carbocycles. The van der Waals surface area contributed by atoms with Crippen molar-refractivity contribution in [3.8, 4) is 0 Å². The van der Waals surface area contributed by atoms with E-state index < -0.39 is 5.82 Å². The molecule has 0 amide bonds. The Morgan fingerprint density at radius 1 is 1.05 bits per heavy atom. The molecule has 0 saturated heterocycles. The molecule has 0 radical (unpaired) electrons. The summed E-state index contributed by atoms with van der Waals surface area (Å²) in [5.74, 6) is -0.931. The van der Waals surface area contributed by atoms with Crippen molar-refractivity contribution in [1.29, 1.82) is 0 Å². The van der Waals surface area contributed by atoms with Crippen LogP contribution in [0.1, 0.15) is 21.5 Å². The lowest BCUT2D eigenvalue weighted by Gasteiger charge is -2.10. The van der Waals surface area contributed by atoms with Crippen molar-refractivity contribution in [3.05, 3.63) is 70.0 Å². The summed E-state index contributed by atoms with van der Waals surface area (Å²) in [5, 5.41) is 0.195. The molecule has 0 atom stereocenters. The Bertz CT molecular complexity index is 606. The standard InChI is InChI=1S/C16H12ClFO/c17-13-6-3-7-14(18)15(13)16(19)12-8-10-4-1-2-5-11(10)9-12/h1-7,12H,8-9H2. The second-order valence-corrected chi connectivity index (χ2v) is 5.24. The van der Waals surface area contributed by atoms with Gasteiger partial charge in [0.1, 0.15) is 5.82 Å². The molecule has 0 aromatic heterocycles. The monoisotopic (exact) mass is 274 g/mol. The molecule has 3 rings (SSSR count). The second kappa shape index (κ2) is 4.78. The van der Waals surface area contributed by atoms with Crippen LogP contribution in [0.3, 0.4) is 0 Å². The second-order valence-electron chi connectivity index (χ2n) is 4.83. The maximum Gasteiger partial charge on any atom is 0.171 e. The SMILES string of the molecule is O=C(c1c(F)cccc1Cl)C1Cc2ccccc2C1. The van der Waals surface area contributed by atoms with Crippen LogP contribution in [0.2, 0.25) is 5.02 Å². The number of Topliss-reactive ketones (excluding diaryl/α,β-unsaturated/α-hetero) is 1. The topological polar surface area (TPSA) is 17.1 Å². The van der Waals surface area contributed by atoms with Crippen molar-refractivity contribution in [2.45, 2.75) is 12.8 Å². The number of rotatable bonds is 2. The van der Waals surface area contributed by atoms with Crippen molar-refractivity contribution >= 4 is 17.4 Å². The van der Waals surface area contributed by atoms with E-state index >= 15 is 0 Å². The fourth-order valence-corrected chi connectivity index (χ4v) is 2.94. The molecule has 1 nitrogen and oxygen atoms in total. The molecule has 96 valence electrons. The zero-order chi connectivity index (χ0) is 13.4. The van der Waals surface area contributed by atoms with E-state index in [1.54, 1.807) is 6.07 Å². The molecule has 2 aromatic carbocycles. The molecule has 2 aromatic rings. The molecule has 19 heavy (non-hydrogen) atoms. The molecule has 0 saturated carbocycles. The van der Waals surface area contributed by atoms with Crippen molar-refractivity contribution < 1.29 is 9.18 Å². The van der Waals surface area contributed by atoms with Gasteiger partial charge in [-0.1, -0.05) is 41.9 Å². The van der Waals surface area contributed by atoms with Gasteiger partial charge in [-0.05, 0) is 36.1 Å². The number of ketones is 1. The molecule has 0 aliphatic heterocycles. The van der Waals surface area contributed by atoms with Crippen LogP contribution in [-0.4, -0.2) is 5.78 Å². The summed E-state index contributed by atoms with van der Waals surface area (Å²) in [6.45, 7) is 0. The molecular weight excluding hydrogens is 263 g/mol. The summed E-state index contributed by atoms with van der Waals surface area (Å²) in [6.07, 6.45) is 1.33. The Labute approximate surface area is 116 Å². The lowest BCUT2D eigenvalue weighted by atomic mass is 9.94. The van der Waals surface area contributed by atoms with Crippen LogP contribution in [0.25, 0.3) is 0 Å². The van der Waals surface area contributed by atoms with Gasteiger partial charge in [0.25, 0.3) is 0 Å². The van der Waals surface area contributed by atoms with E-state index in [1.807, 2.05) is 24.3 Å². The lowest BCUT2D eigenvalue weighted by molar-refractivity contribution is 0.0921. The van der Waals surface area contributed by atoms with E-state index in [1.165, 1.54) is 23.3 Å². The number of hydrogen-bond acceptors (Lipinski definition) is 1. The Hall–Kier alpha value is -1.67. The molecule has 0 bridgehead atoms. The van der Waals surface area contributed by atoms with Crippen molar-refractivity contribution in [1.82, 2.24) is 0 Å². The molecular formula is C16H12ClFO. The van der Waals surface area contributed by atoms with E-state index in [4.69, 9.17) is 11.6 Å². The predicted molar refractivity (Wildman–Crippen MR) is 73.1 cm³/mol. The number of fused-ring (bicyclic) bond motifs is 1. The minimum atomic E-state index is -0.534. The van der Waals surface area contributed by atoms with Gasteiger partial charge in [-0.25, -0.2) is 4.39 Å². The zero-order valence-corrected chi connectivity index (χ0v) is 11.0. The molecule has 0 fully saturated rings. The van der Waals surface area contributed by atoms with Crippen molar-refractivity contribution in [3.63, 3.8) is 0 Å². The zero-order valence-electron chi connectivity index (χ0n) is 10.2. The van der Waals surface area contributed by atoms with Crippen LogP contribution in [0.5, 0.6) is 0 Å². The quantitative estimate of drug-likeness (QED) is 0.754. The lowest BCUT2D eigenvalue weighted by Crippen LogP contribution is -2.17. The van der Waals surface area contributed by atoms with Crippen LogP contribution in [0.4, 0.5) is 4.39 Å². The van der Waals surface area contributed by atoms with Gasteiger partial charge in [0.15, 0.2) is 5.78 Å². The highest BCUT2D eigenvalue weighted by Crippen LogP contribution is 2.31. The third-order valence-electron chi connectivity index (χ3n) is 3.63. The highest BCUT2D eigenvalue weighted by atomic mass is 35.5. The van der Waals surface area contributed by atoms with Gasteiger partial charge in [-0.2, -0.15) is 0 Å². The molecule has 0 spiro atoms. The first-order valence-electron chi connectivity index (χ1n) is 6.22. The number of carbonyl (C=O) groups excluding carboxylic acids is 1. The highest BCUT2D eigenvalue weighted by molar-refractivity contribution is 6.34. The van der Waals surface area contributed by atoms with Crippen LogP contribution in [0.15, 0.2) is 42.5 Å². The van der Waals surface area contributed by atoms with Gasteiger partial charge in [0.05, 0.1) is 10.6 Å². The van der Waals surface area contributed by atoms with Crippen molar-refractivity contribution in [2.24, 2.45) is 5.92 Å². The summed E-state index contributed by atoms with van der Waals surface area (Å²) in [7, 11) is 0. The van der Waals surface area contributed by atoms with Gasteiger partial charge in [0, 0.05) is 5.92 Å². The molecule has 3 heteroatoms. The first-order valence-corrected chi connectivity index (χ1v) is 6.59. The van der Waals surface area contributed by atoms with Gasteiger partial charge < -0.3 is 0 Å². The Balaban J connectivity index is 1.92. The van der Waals surface area contributed by atoms with Crippen LogP contribution >= 0.6 is 11.6 Å². The smallest absolute Gasteiger partial charge is 0.171 e. The number of halogens is 2. The first-order chi connectivity index (χ1) is 9.16. The van der Waals surface area contributed by atoms with Gasteiger partial charge in [0.2, 0.25) is 0 Å². The van der Waals surface area contributed by atoms with Gasteiger partial charge in [-0.3, -0.25) is 4.79 Å². The molecule has 0 unspecified atom stereocenters. The first kappa shape index (κ1) is 12.4. The van der Waals surface area contributed by atoms with Crippen molar-refractivity contribution in [2.75, 3.05) is 0 Å². The van der Waals surface area contributed by atoms with E-state index in [-0.39, 0.29) is 22.3 Å². The minimum Gasteiger partial charge on any atom is -0.294 e. The summed E-state index contributed by atoms with van der Waals surface area (Å²) >= 11 is 5.95. The highest BCUT2D eigenvalue weighted by Gasteiger charge is 2.30. The van der Waals surface area contributed by atoms with E-state index in [9.17, 15) is 9.18 Å². The summed E-state index contributed by atoms with van der Waals surface area (Å²) in [6, 6.07) is 12.3. The molecule has 0 N–H and O–H groups in total. The Morgan fingerprint density at radius 2 is 1.68 bits per heavy atom. The van der Waals surface area contributed by atoms with E-state index in [2.05, 4.69) is 0 Å². The third kappa shape index (κ3) is 2.17. The minimum absolute atomic E-state index is 0.0296. The normalized spacial score (nSPS) is 14.4. The summed E-state index contributed by atoms with van der Waals surface area (Å²) in [5.41, 5.74) is 2.38. The summed E-state index contributed by atoms with van der Waals surface area (Å²) < 4.78 is 13.8. The number of benzene rings is 2. The summed E-state index contributed by atoms with van der Waals surface area (Å²) in [4.78, 5) is 12.4. The fraction of sp³-hybridized carbons (Fsp3) is 0.188. The number of hydrogen-bond donors (Lipinski definition) is 0. The largest absolute Gasteiger partial charge is 0.294 e. The third-order valence-corrected chi connectivity index (χ3v) is 3.95. The van der Waals surface area contributed by atoms with Gasteiger partial charge >= 0.3 is 0 Å².